The summed E-state index contributed by atoms with van der Waals surface area (Å²) in [6.45, 7) is 5.14. The summed E-state index contributed by atoms with van der Waals surface area (Å²) >= 11 is 2.11. The lowest BCUT2D eigenvalue weighted by Gasteiger charge is -2.28. The average Bonchev–Trinajstić information content (AvgIpc) is 2.32. The fourth-order valence-electron chi connectivity index (χ4n) is 2.51. The first-order valence-electron chi connectivity index (χ1n) is 6.48. The van der Waals surface area contributed by atoms with Gasteiger partial charge in [0.2, 0.25) is 0 Å². The van der Waals surface area contributed by atoms with Crippen molar-refractivity contribution in [1.82, 2.24) is 10.2 Å². The van der Waals surface area contributed by atoms with E-state index in [1.165, 1.54) is 69.8 Å². The van der Waals surface area contributed by atoms with Crippen molar-refractivity contribution in [3.63, 3.8) is 0 Å². The molecule has 2 heterocycles. The molecule has 2 rings (SSSR count). The van der Waals surface area contributed by atoms with Gasteiger partial charge in [-0.2, -0.15) is 11.8 Å². The normalized spacial score (nSPS) is 25.6. The fourth-order valence-corrected chi connectivity index (χ4v) is 3.62. The van der Waals surface area contributed by atoms with Gasteiger partial charge < -0.3 is 10.2 Å². The molecule has 0 radical (unpaired) electrons. The minimum atomic E-state index is 0.816. The van der Waals surface area contributed by atoms with E-state index in [1.54, 1.807) is 0 Å². The summed E-state index contributed by atoms with van der Waals surface area (Å²) < 4.78 is 0. The Labute approximate surface area is 98.2 Å². The number of hydrogen-bond acceptors (Lipinski definition) is 3. The van der Waals surface area contributed by atoms with Gasteiger partial charge in [-0.3, -0.25) is 0 Å². The molecule has 0 aromatic rings. The van der Waals surface area contributed by atoms with Crippen molar-refractivity contribution in [2.24, 2.45) is 0 Å². The molecule has 1 N–H and O–H groups in total. The number of nitrogens with zero attached hydrogens (tertiary/aromatic N) is 1. The van der Waals surface area contributed by atoms with Crippen LogP contribution in [0.4, 0.5) is 0 Å². The average molecular weight is 228 g/mol. The van der Waals surface area contributed by atoms with E-state index in [0.29, 0.717) is 0 Å². The van der Waals surface area contributed by atoms with Gasteiger partial charge in [-0.25, -0.2) is 0 Å². The molecule has 2 saturated heterocycles. The van der Waals surface area contributed by atoms with E-state index in [0.717, 1.165) is 6.04 Å². The van der Waals surface area contributed by atoms with Crippen LogP contribution in [0.25, 0.3) is 0 Å². The van der Waals surface area contributed by atoms with Gasteiger partial charge in [0.05, 0.1) is 0 Å². The topological polar surface area (TPSA) is 15.3 Å². The van der Waals surface area contributed by atoms with Crippen molar-refractivity contribution >= 4 is 11.8 Å². The Bertz CT molecular complexity index is 145. The SMILES string of the molecule is C1CCN(CCNC2CCSCC2)CC1. The number of rotatable bonds is 4. The van der Waals surface area contributed by atoms with Crippen molar-refractivity contribution < 1.29 is 0 Å². The van der Waals surface area contributed by atoms with Crippen LogP contribution in [0.2, 0.25) is 0 Å². The van der Waals surface area contributed by atoms with E-state index in [2.05, 4.69) is 22.0 Å². The lowest BCUT2D eigenvalue weighted by atomic mass is 10.1. The van der Waals surface area contributed by atoms with Gasteiger partial charge in [0, 0.05) is 19.1 Å². The minimum Gasteiger partial charge on any atom is -0.313 e. The zero-order valence-electron chi connectivity index (χ0n) is 9.71. The Morgan fingerprint density at radius 2 is 1.80 bits per heavy atom. The number of likely N-dealkylation sites (tertiary alicyclic amines) is 1. The number of thioether (sulfide) groups is 1. The van der Waals surface area contributed by atoms with Crippen molar-refractivity contribution in [3.05, 3.63) is 0 Å². The highest BCUT2D eigenvalue weighted by molar-refractivity contribution is 7.99. The highest BCUT2D eigenvalue weighted by Crippen LogP contribution is 2.16. The predicted molar refractivity (Wildman–Crippen MR) is 68.6 cm³/mol. The second-order valence-electron chi connectivity index (χ2n) is 4.74. The second kappa shape index (κ2) is 6.77. The van der Waals surface area contributed by atoms with E-state index < -0.39 is 0 Å². The van der Waals surface area contributed by atoms with Crippen molar-refractivity contribution in [3.8, 4) is 0 Å². The van der Waals surface area contributed by atoms with Gasteiger partial charge in [-0.1, -0.05) is 6.42 Å². The molecule has 0 bridgehead atoms. The molecule has 0 saturated carbocycles. The van der Waals surface area contributed by atoms with Gasteiger partial charge in [0.1, 0.15) is 0 Å². The summed E-state index contributed by atoms with van der Waals surface area (Å²) in [5, 5.41) is 3.71. The Hall–Kier alpha value is 0.270. The lowest BCUT2D eigenvalue weighted by molar-refractivity contribution is 0.225. The van der Waals surface area contributed by atoms with Crippen LogP contribution in [0, 0.1) is 0 Å². The molecule has 2 aliphatic heterocycles. The van der Waals surface area contributed by atoms with Crippen LogP contribution in [0.5, 0.6) is 0 Å². The third kappa shape index (κ3) is 4.33. The van der Waals surface area contributed by atoms with Crippen molar-refractivity contribution in [1.29, 1.82) is 0 Å². The molecule has 2 aliphatic rings. The van der Waals surface area contributed by atoms with Crippen molar-refractivity contribution in [2.45, 2.75) is 38.1 Å². The quantitative estimate of drug-likeness (QED) is 0.792. The van der Waals surface area contributed by atoms with Crippen LogP contribution in [-0.4, -0.2) is 48.6 Å². The maximum atomic E-state index is 3.71. The molecule has 0 atom stereocenters. The van der Waals surface area contributed by atoms with Crippen LogP contribution >= 0.6 is 11.8 Å². The van der Waals surface area contributed by atoms with E-state index in [4.69, 9.17) is 0 Å². The third-order valence-corrected chi connectivity index (χ3v) is 4.58. The first-order chi connectivity index (χ1) is 7.45. The van der Waals surface area contributed by atoms with Gasteiger partial charge in [0.15, 0.2) is 0 Å². The fraction of sp³-hybridized carbons (Fsp3) is 1.00. The summed E-state index contributed by atoms with van der Waals surface area (Å²) in [6.07, 6.45) is 7.04. The van der Waals surface area contributed by atoms with Gasteiger partial charge in [-0.15, -0.1) is 0 Å². The first-order valence-corrected chi connectivity index (χ1v) is 7.64. The molecular formula is C12H24N2S. The van der Waals surface area contributed by atoms with Gasteiger partial charge >= 0.3 is 0 Å². The molecule has 0 amide bonds. The first kappa shape index (κ1) is 11.7. The molecule has 0 unspecified atom stereocenters. The zero-order chi connectivity index (χ0) is 10.3. The molecule has 2 fully saturated rings. The summed E-state index contributed by atoms with van der Waals surface area (Å²) in [4.78, 5) is 2.62. The Balaban J connectivity index is 1.53. The molecule has 88 valence electrons. The van der Waals surface area contributed by atoms with Gasteiger partial charge in [0.25, 0.3) is 0 Å². The molecular weight excluding hydrogens is 204 g/mol. The third-order valence-electron chi connectivity index (χ3n) is 3.53. The molecule has 2 nitrogen and oxygen atoms in total. The highest BCUT2D eigenvalue weighted by atomic mass is 32.2. The number of hydrogen-bond donors (Lipinski definition) is 1. The molecule has 0 spiro atoms. The highest BCUT2D eigenvalue weighted by Gasteiger charge is 2.14. The summed E-state index contributed by atoms with van der Waals surface area (Å²) in [7, 11) is 0. The van der Waals surface area contributed by atoms with E-state index >= 15 is 0 Å². The summed E-state index contributed by atoms with van der Waals surface area (Å²) in [6, 6.07) is 0.816. The largest absolute Gasteiger partial charge is 0.313 e. The molecule has 3 heteroatoms. The van der Waals surface area contributed by atoms with Crippen molar-refractivity contribution in [2.75, 3.05) is 37.7 Å². The maximum absolute atomic E-state index is 3.71. The molecule has 0 aliphatic carbocycles. The van der Waals surface area contributed by atoms with Crippen LogP contribution in [0.3, 0.4) is 0 Å². The summed E-state index contributed by atoms with van der Waals surface area (Å²) in [5.74, 6) is 2.72. The Morgan fingerprint density at radius 1 is 1.07 bits per heavy atom. The van der Waals surface area contributed by atoms with Crippen LogP contribution < -0.4 is 5.32 Å². The molecule has 0 aromatic carbocycles. The maximum Gasteiger partial charge on any atom is 0.0107 e. The predicted octanol–water partition coefficient (Wildman–Crippen LogP) is 1.96. The van der Waals surface area contributed by atoms with Crippen LogP contribution in [-0.2, 0) is 0 Å². The molecule has 0 aromatic heterocycles. The Kier molecular flexibility index (Phi) is 5.30. The standard InChI is InChI=1S/C12H24N2S/c1-2-7-14(8-3-1)9-6-13-12-4-10-15-11-5-12/h12-13H,1-11H2. The second-order valence-corrected chi connectivity index (χ2v) is 5.97. The smallest absolute Gasteiger partial charge is 0.0107 e. The summed E-state index contributed by atoms with van der Waals surface area (Å²) in [5.41, 5.74) is 0. The van der Waals surface area contributed by atoms with E-state index in [1.807, 2.05) is 0 Å². The minimum absolute atomic E-state index is 0.816. The lowest BCUT2D eigenvalue weighted by Crippen LogP contribution is -2.40. The molecule has 15 heavy (non-hydrogen) atoms. The van der Waals surface area contributed by atoms with Crippen LogP contribution in [0.15, 0.2) is 0 Å². The van der Waals surface area contributed by atoms with Crippen LogP contribution in [0.1, 0.15) is 32.1 Å². The van der Waals surface area contributed by atoms with E-state index in [9.17, 15) is 0 Å². The van der Waals surface area contributed by atoms with Gasteiger partial charge in [-0.05, 0) is 50.3 Å². The number of piperidine rings is 1. The number of nitrogens with one attached hydrogen (secondary N) is 1. The zero-order valence-corrected chi connectivity index (χ0v) is 10.5. The Morgan fingerprint density at radius 3 is 2.53 bits per heavy atom. The van der Waals surface area contributed by atoms with E-state index in [-0.39, 0.29) is 0 Å². The monoisotopic (exact) mass is 228 g/mol.